The molecule has 1 aliphatic rings. The Kier molecular flexibility index (Phi) is 8.12. The lowest BCUT2D eigenvalue weighted by Gasteiger charge is -2.34. The predicted octanol–water partition coefficient (Wildman–Crippen LogP) is 2.81. The van der Waals surface area contributed by atoms with Crippen molar-refractivity contribution in [1.82, 2.24) is 8.87 Å². The summed E-state index contributed by atoms with van der Waals surface area (Å²) in [5, 5.41) is 0. The van der Waals surface area contributed by atoms with Gasteiger partial charge in [0.25, 0.3) is 5.91 Å². The van der Waals surface area contributed by atoms with Crippen molar-refractivity contribution in [3.8, 4) is 5.75 Å². The molecule has 2 aromatic carbocycles. The normalized spacial score (nSPS) is 19.2. The van der Waals surface area contributed by atoms with Gasteiger partial charge in [-0.25, -0.2) is 8.42 Å². The molecular weight excluding hydrogens is 518 g/mol. The number of sulfonamides is 1. The first-order valence-electron chi connectivity index (χ1n) is 11.8. The summed E-state index contributed by atoms with van der Waals surface area (Å²) >= 11 is 1.24. The van der Waals surface area contributed by atoms with Crippen LogP contribution in [0.1, 0.15) is 31.1 Å². The van der Waals surface area contributed by atoms with Gasteiger partial charge in [-0.1, -0.05) is 17.4 Å². The third-order valence-electron chi connectivity index (χ3n) is 5.80. The fraction of sp³-hybridized carbons (Fsp3) is 0.400. The highest BCUT2D eigenvalue weighted by molar-refractivity contribution is 7.89. The van der Waals surface area contributed by atoms with Gasteiger partial charge in [-0.2, -0.15) is 9.30 Å². The smallest absolute Gasteiger partial charge is 0.325 e. The van der Waals surface area contributed by atoms with Gasteiger partial charge in [0.05, 0.1) is 35.5 Å². The third kappa shape index (κ3) is 5.77. The monoisotopic (exact) mass is 547 g/mol. The van der Waals surface area contributed by atoms with E-state index < -0.39 is 21.9 Å². The minimum Gasteiger partial charge on any atom is -0.492 e. The Bertz CT molecular complexity index is 1470. The molecule has 0 N–H and O–H groups in total. The topological polar surface area (TPSA) is 116 Å². The van der Waals surface area contributed by atoms with Crippen LogP contribution in [0.3, 0.4) is 0 Å². The van der Waals surface area contributed by atoms with E-state index in [-0.39, 0.29) is 42.3 Å². The van der Waals surface area contributed by atoms with Crippen LogP contribution in [0.4, 0.5) is 0 Å². The predicted molar refractivity (Wildman–Crippen MR) is 138 cm³/mol. The minimum atomic E-state index is -3.74. The van der Waals surface area contributed by atoms with Crippen molar-refractivity contribution in [3.05, 3.63) is 52.8 Å². The number of ether oxygens (including phenoxy) is 3. The molecule has 3 aromatic rings. The summed E-state index contributed by atoms with van der Waals surface area (Å²) in [6, 6.07) is 11.2. The van der Waals surface area contributed by atoms with Gasteiger partial charge in [-0.15, -0.1) is 0 Å². The Balaban J connectivity index is 1.68. The largest absolute Gasteiger partial charge is 0.492 e. The van der Waals surface area contributed by atoms with Gasteiger partial charge < -0.3 is 18.8 Å². The molecule has 1 amide bonds. The van der Waals surface area contributed by atoms with Gasteiger partial charge in [0.15, 0.2) is 4.80 Å². The first-order chi connectivity index (χ1) is 17.6. The van der Waals surface area contributed by atoms with Crippen LogP contribution < -0.4 is 9.54 Å². The molecule has 0 radical (unpaired) electrons. The summed E-state index contributed by atoms with van der Waals surface area (Å²) in [6.07, 6.45) is -0.418. The molecule has 198 valence electrons. The summed E-state index contributed by atoms with van der Waals surface area (Å²) in [5.74, 6) is -0.503. The zero-order valence-electron chi connectivity index (χ0n) is 21.0. The van der Waals surface area contributed by atoms with Gasteiger partial charge in [0.2, 0.25) is 10.0 Å². The second-order valence-electron chi connectivity index (χ2n) is 8.60. The number of hydrogen-bond acceptors (Lipinski definition) is 8. The van der Waals surface area contributed by atoms with E-state index in [9.17, 15) is 18.0 Å². The highest BCUT2D eigenvalue weighted by Crippen LogP contribution is 2.28. The van der Waals surface area contributed by atoms with E-state index in [1.807, 2.05) is 32.9 Å². The Morgan fingerprint density at radius 3 is 2.41 bits per heavy atom. The van der Waals surface area contributed by atoms with Gasteiger partial charge in [0, 0.05) is 18.7 Å². The Labute approximate surface area is 219 Å². The number of benzene rings is 2. The van der Waals surface area contributed by atoms with E-state index in [1.54, 1.807) is 10.6 Å². The van der Waals surface area contributed by atoms with Gasteiger partial charge >= 0.3 is 5.97 Å². The quantitative estimate of drug-likeness (QED) is 0.418. The van der Waals surface area contributed by atoms with Crippen LogP contribution >= 0.6 is 11.3 Å². The van der Waals surface area contributed by atoms with E-state index in [0.29, 0.717) is 22.7 Å². The third-order valence-corrected chi connectivity index (χ3v) is 8.69. The molecule has 1 saturated heterocycles. The van der Waals surface area contributed by atoms with E-state index >= 15 is 0 Å². The van der Waals surface area contributed by atoms with Crippen LogP contribution in [0.5, 0.6) is 5.75 Å². The molecule has 2 heterocycles. The van der Waals surface area contributed by atoms with Crippen LogP contribution in [0.2, 0.25) is 0 Å². The zero-order chi connectivity index (χ0) is 26.7. The molecule has 4 rings (SSSR count). The number of morpholine rings is 1. The average molecular weight is 548 g/mol. The van der Waals surface area contributed by atoms with Crippen molar-refractivity contribution >= 4 is 43.5 Å². The van der Waals surface area contributed by atoms with Crippen LogP contribution in [0, 0.1) is 0 Å². The molecular formula is C25H29N3O7S2. The number of amides is 1. The number of nitrogens with zero attached hydrogens (tertiary/aromatic N) is 3. The fourth-order valence-electron chi connectivity index (χ4n) is 4.19. The Morgan fingerprint density at radius 1 is 1.11 bits per heavy atom. The maximum atomic E-state index is 13.1. The number of thiazole rings is 1. The zero-order valence-corrected chi connectivity index (χ0v) is 22.7. The van der Waals surface area contributed by atoms with Crippen molar-refractivity contribution in [2.45, 2.75) is 44.4 Å². The van der Waals surface area contributed by atoms with Crippen molar-refractivity contribution in [1.29, 1.82) is 0 Å². The minimum absolute atomic E-state index is 0.0920. The number of esters is 1. The molecule has 2 atom stereocenters. The van der Waals surface area contributed by atoms with Crippen LogP contribution in [0.25, 0.3) is 10.2 Å². The molecule has 1 aliphatic heterocycles. The summed E-state index contributed by atoms with van der Waals surface area (Å²) in [4.78, 5) is 29.8. The first kappa shape index (κ1) is 27.0. The lowest BCUT2D eigenvalue weighted by atomic mass is 10.2. The summed E-state index contributed by atoms with van der Waals surface area (Å²) in [5.41, 5.74) is 0.858. The standard InChI is InChI=1S/C25H29N3O7S2/c1-5-34-20-7-6-8-21-23(20)28(15-22(29)33-4)25(36-21)26-24(30)18-9-11-19(12-10-18)37(31,32)27-13-16(2)35-17(3)14-27/h6-12,16-17H,5,13-15H2,1-4H3. The molecule has 0 spiro atoms. The number of fused-ring (bicyclic) bond motifs is 1. The lowest BCUT2D eigenvalue weighted by molar-refractivity contribution is -0.141. The molecule has 2 unspecified atom stereocenters. The molecule has 10 nitrogen and oxygen atoms in total. The molecule has 1 aromatic heterocycles. The number of carbonyl (C=O) groups is 2. The van der Waals surface area contributed by atoms with Gasteiger partial charge in [0.1, 0.15) is 17.8 Å². The van der Waals surface area contributed by atoms with Crippen LogP contribution in [-0.4, -0.2) is 68.2 Å². The fourth-order valence-corrected chi connectivity index (χ4v) is 6.83. The summed E-state index contributed by atoms with van der Waals surface area (Å²) in [7, 11) is -2.45. The van der Waals surface area contributed by atoms with E-state index in [2.05, 4.69) is 4.99 Å². The van der Waals surface area contributed by atoms with Gasteiger partial charge in [-0.05, 0) is 57.2 Å². The number of carbonyl (C=O) groups excluding carboxylic acids is 2. The molecule has 12 heteroatoms. The Morgan fingerprint density at radius 2 is 1.78 bits per heavy atom. The van der Waals surface area contributed by atoms with Crippen LogP contribution in [-0.2, 0) is 30.8 Å². The van der Waals surface area contributed by atoms with Crippen molar-refractivity contribution in [2.24, 2.45) is 4.99 Å². The number of aromatic nitrogens is 1. The SMILES string of the molecule is CCOc1cccc2sc(=NC(=O)c3ccc(S(=O)(=O)N4CC(C)OC(C)C4)cc3)n(CC(=O)OC)c12. The molecule has 37 heavy (non-hydrogen) atoms. The number of hydrogen-bond donors (Lipinski definition) is 0. The van der Waals surface area contributed by atoms with Gasteiger partial charge in [-0.3, -0.25) is 9.59 Å². The summed E-state index contributed by atoms with van der Waals surface area (Å²) in [6.45, 7) is 6.32. The van der Waals surface area contributed by atoms with Crippen molar-refractivity contribution in [3.63, 3.8) is 0 Å². The van der Waals surface area contributed by atoms with E-state index in [4.69, 9.17) is 14.2 Å². The van der Waals surface area contributed by atoms with Crippen molar-refractivity contribution < 1.29 is 32.2 Å². The van der Waals surface area contributed by atoms with E-state index in [1.165, 1.54) is 47.0 Å². The maximum absolute atomic E-state index is 13.1. The molecule has 0 aliphatic carbocycles. The lowest BCUT2D eigenvalue weighted by Crippen LogP contribution is -2.48. The van der Waals surface area contributed by atoms with E-state index in [0.717, 1.165) is 4.70 Å². The van der Waals surface area contributed by atoms with Crippen molar-refractivity contribution in [2.75, 3.05) is 26.8 Å². The van der Waals surface area contributed by atoms with Crippen LogP contribution in [0.15, 0.2) is 52.4 Å². The average Bonchev–Trinajstić information content (AvgIpc) is 3.21. The Hall–Kier alpha value is -3.06. The molecule has 0 bridgehead atoms. The highest BCUT2D eigenvalue weighted by atomic mass is 32.2. The maximum Gasteiger partial charge on any atom is 0.325 e. The highest BCUT2D eigenvalue weighted by Gasteiger charge is 2.32. The number of methoxy groups -OCH3 is 1. The number of rotatable bonds is 7. The summed E-state index contributed by atoms with van der Waals surface area (Å²) < 4.78 is 46.2. The molecule has 0 saturated carbocycles. The second-order valence-corrected chi connectivity index (χ2v) is 11.6. The second kappa shape index (κ2) is 11.1. The molecule has 1 fully saturated rings. The number of para-hydroxylation sites is 1. The first-order valence-corrected chi connectivity index (χ1v) is 14.1.